The molecule has 0 aromatic heterocycles. The molecule has 0 radical (unpaired) electrons. The standard InChI is InChI=1S/C10H10F3NO2S/c1-16-9(15)14-7-2-4-8(5-3-7)17-6-10(11,12)13/h2-5H,6H2,1H3,(H,14,15). The number of hydrogen-bond acceptors (Lipinski definition) is 3. The molecule has 3 nitrogen and oxygen atoms in total. The van der Waals surface area contributed by atoms with E-state index in [-0.39, 0.29) is 0 Å². The predicted molar refractivity (Wildman–Crippen MR) is 59.2 cm³/mol. The van der Waals surface area contributed by atoms with E-state index in [2.05, 4.69) is 10.1 Å². The fourth-order valence-corrected chi connectivity index (χ4v) is 1.63. The number of carbonyl (C=O) groups is 1. The van der Waals surface area contributed by atoms with Gasteiger partial charge in [0.15, 0.2) is 0 Å². The van der Waals surface area contributed by atoms with Gasteiger partial charge in [0.2, 0.25) is 0 Å². The number of halogens is 3. The van der Waals surface area contributed by atoms with Crippen molar-refractivity contribution < 1.29 is 22.7 Å². The van der Waals surface area contributed by atoms with E-state index >= 15 is 0 Å². The van der Waals surface area contributed by atoms with Crippen molar-refractivity contribution in [3.05, 3.63) is 24.3 Å². The second kappa shape index (κ2) is 5.81. The van der Waals surface area contributed by atoms with Crippen LogP contribution in [0.4, 0.5) is 23.7 Å². The Balaban J connectivity index is 2.53. The summed E-state index contributed by atoms with van der Waals surface area (Å²) < 4.78 is 40.2. The topological polar surface area (TPSA) is 38.3 Å². The Morgan fingerprint density at radius 2 is 1.94 bits per heavy atom. The number of methoxy groups -OCH3 is 1. The van der Waals surface area contributed by atoms with Gasteiger partial charge in [0.1, 0.15) is 0 Å². The zero-order chi connectivity index (χ0) is 12.9. The smallest absolute Gasteiger partial charge is 0.411 e. The van der Waals surface area contributed by atoms with Gasteiger partial charge in [-0.05, 0) is 24.3 Å². The first-order valence-corrected chi connectivity index (χ1v) is 5.54. The van der Waals surface area contributed by atoms with Crippen LogP contribution in [0.15, 0.2) is 29.2 Å². The molecule has 7 heteroatoms. The number of ether oxygens (including phenoxy) is 1. The molecule has 1 aromatic rings. The second-order valence-corrected chi connectivity index (χ2v) is 4.09. The largest absolute Gasteiger partial charge is 0.453 e. The summed E-state index contributed by atoms with van der Waals surface area (Å²) in [6, 6.07) is 6.02. The van der Waals surface area contributed by atoms with Gasteiger partial charge < -0.3 is 4.74 Å². The molecule has 1 N–H and O–H groups in total. The Morgan fingerprint density at radius 3 is 2.41 bits per heavy atom. The number of benzene rings is 1. The Kier molecular flexibility index (Phi) is 4.68. The summed E-state index contributed by atoms with van der Waals surface area (Å²) in [6.07, 6.45) is -4.81. The highest BCUT2D eigenvalue weighted by Gasteiger charge is 2.27. The fourth-order valence-electron chi connectivity index (χ4n) is 0.969. The van der Waals surface area contributed by atoms with Gasteiger partial charge in [-0.15, -0.1) is 11.8 Å². The van der Waals surface area contributed by atoms with Crippen LogP contribution in [0.5, 0.6) is 0 Å². The van der Waals surface area contributed by atoms with E-state index in [1.807, 2.05) is 0 Å². The monoisotopic (exact) mass is 265 g/mol. The van der Waals surface area contributed by atoms with Crippen LogP contribution in [0, 0.1) is 0 Å². The van der Waals surface area contributed by atoms with Crippen molar-refractivity contribution in [1.82, 2.24) is 0 Å². The van der Waals surface area contributed by atoms with Gasteiger partial charge in [-0.3, -0.25) is 5.32 Å². The summed E-state index contributed by atoms with van der Waals surface area (Å²) in [7, 11) is 1.23. The third kappa shape index (κ3) is 5.48. The number of alkyl halides is 3. The van der Waals surface area contributed by atoms with Gasteiger partial charge in [-0.2, -0.15) is 13.2 Å². The molecule has 1 aromatic carbocycles. The van der Waals surface area contributed by atoms with Crippen LogP contribution >= 0.6 is 11.8 Å². The number of thioether (sulfide) groups is 1. The van der Waals surface area contributed by atoms with Crippen LogP contribution in [0.25, 0.3) is 0 Å². The summed E-state index contributed by atoms with van der Waals surface area (Å²) in [6.45, 7) is 0. The summed E-state index contributed by atoms with van der Waals surface area (Å²) in [5.41, 5.74) is 0.466. The quantitative estimate of drug-likeness (QED) is 0.850. The van der Waals surface area contributed by atoms with E-state index in [0.29, 0.717) is 22.3 Å². The minimum absolute atomic E-state index is 0.466. The Bertz CT molecular complexity index is 378. The maximum Gasteiger partial charge on any atom is 0.411 e. The van der Waals surface area contributed by atoms with E-state index in [0.717, 1.165) is 0 Å². The maximum atomic E-state index is 11.9. The third-order valence-electron chi connectivity index (χ3n) is 1.69. The fraction of sp³-hybridized carbons (Fsp3) is 0.300. The first-order valence-electron chi connectivity index (χ1n) is 4.55. The molecule has 0 aliphatic carbocycles. The van der Waals surface area contributed by atoms with Crippen LogP contribution in [0.2, 0.25) is 0 Å². The van der Waals surface area contributed by atoms with Crippen LogP contribution < -0.4 is 5.32 Å². The highest BCUT2D eigenvalue weighted by molar-refractivity contribution is 7.99. The average Bonchev–Trinajstić information content (AvgIpc) is 2.27. The van der Waals surface area contributed by atoms with Crippen molar-refractivity contribution in [2.24, 2.45) is 0 Å². The first-order chi connectivity index (χ1) is 7.90. The van der Waals surface area contributed by atoms with Gasteiger partial charge >= 0.3 is 12.3 Å². The van der Waals surface area contributed by atoms with Crippen LogP contribution in [0.3, 0.4) is 0 Å². The molecule has 0 heterocycles. The predicted octanol–water partition coefficient (Wildman–Crippen LogP) is 3.52. The van der Waals surface area contributed by atoms with Crippen molar-refractivity contribution in [1.29, 1.82) is 0 Å². The molecule has 17 heavy (non-hydrogen) atoms. The van der Waals surface area contributed by atoms with E-state index in [4.69, 9.17) is 0 Å². The Morgan fingerprint density at radius 1 is 1.35 bits per heavy atom. The Hall–Kier alpha value is -1.37. The molecular formula is C10H10F3NO2S. The van der Waals surface area contributed by atoms with Crippen molar-refractivity contribution in [3.63, 3.8) is 0 Å². The lowest BCUT2D eigenvalue weighted by Crippen LogP contribution is -2.11. The van der Waals surface area contributed by atoms with Crippen molar-refractivity contribution in [3.8, 4) is 0 Å². The molecular weight excluding hydrogens is 255 g/mol. The lowest BCUT2D eigenvalue weighted by atomic mass is 10.3. The minimum atomic E-state index is -4.19. The molecule has 0 unspecified atom stereocenters. The zero-order valence-electron chi connectivity index (χ0n) is 8.88. The van der Waals surface area contributed by atoms with E-state index in [1.54, 1.807) is 0 Å². The lowest BCUT2D eigenvalue weighted by Gasteiger charge is -2.07. The van der Waals surface area contributed by atoms with Crippen molar-refractivity contribution in [2.75, 3.05) is 18.2 Å². The zero-order valence-corrected chi connectivity index (χ0v) is 9.69. The highest BCUT2D eigenvalue weighted by Crippen LogP contribution is 2.27. The number of amides is 1. The second-order valence-electron chi connectivity index (χ2n) is 3.04. The SMILES string of the molecule is COC(=O)Nc1ccc(SCC(F)(F)F)cc1. The summed E-state index contributed by atoms with van der Waals surface area (Å²) >= 11 is 0.692. The number of rotatable bonds is 3. The van der Waals surface area contributed by atoms with Gasteiger partial charge in [-0.1, -0.05) is 0 Å². The molecule has 0 saturated carbocycles. The molecule has 0 aliphatic rings. The first kappa shape index (κ1) is 13.7. The van der Waals surface area contributed by atoms with Gasteiger partial charge in [0.05, 0.1) is 12.9 Å². The number of anilines is 1. The molecule has 0 bridgehead atoms. The summed E-state index contributed by atoms with van der Waals surface area (Å²) in [5, 5.41) is 2.40. The maximum absolute atomic E-state index is 11.9. The van der Waals surface area contributed by atoms with Crippen LogP contribution in [-0.2, 0) is 4.74 Å². The van der Waals surface area contributed by atoms with E-state index in [9.17, 15) is 18.0 Å². The molecule has 0 saturated heterocycles. The van der Waals surface area contributed by atoms with Gasteiger partial charge in [0, 0.05) is 10.6 Å². The Labute approximate surface area is 100 Å². The van der Waals surface area contributed by atoms with Crippen molar-refractivity contribution in [2.45, 2.75) is 11.1 Å². The van der Waals surface area contributed by atoms with Crippen LogP contribution in [0.1, 0.15) is 0 Å². The molecule has 0 fully saturated rings. The number of nitrogens with one attached hydrogen (secondary N) is 1. The van der Waals surface area contributed by atoms with Gasteiger partial charge in [-0.25, -0.2) is 4.79 Å². The average molecular weight is 265 g/mol. The van der Waals surface area contributed by atoms with Gasteiger partial charge in [0.25, 0.3) is 0 Å². The lowest BCUT2D eigenvalue weighted by molar-refractivity contribution is -0.105. The number of hydrogen-bond donors (Lipinski definition) is 1. The summed E-state index contributed by atoms with van der Waals surface area (Å²) in [5.74, 6) is -0.934. The molecule has 1 rings (SSSR count). The number of carbonyl (C=O) groups excluding carboxylic acids is 1. The normalized spacial score (nSPS) is 11.1. The molecule has 0 atom stereocenters. The summed E-state index contributed by atoms with van der Waals surface area (Å²) in [4.78, 5) is 11.3. The minimum Gasteiger partial charge on any atom is -0.453 e. The van der Waals surface area contributed by atoms with Crippen LogP contribution in [-0.4, -0.2) is 25.1 Å². The third-order valence-corrected chi connectivity index (χ3v) is 2.77. The van der Waals surface area contributed by atoms with E-state index < -0.39 is 18.0 Å². The highest BCUT2D eigenvalue weighted by atomic mass is 32.2. The van der Waals surface area contributed by atoms with E-state index in [1.165, 1.54) is 31.4 Å². The molecule has 0 spiro atoms. The molecule has 94 valence electrons. The molecule has 1 amide bonds. The molecule has 0 aliphatic heterocycles. The van der Waals surface area contributed by atoms with Crippen molar-refractivity contribution >= 4 is 23.5 Å².